The summed E-state index contributed by atoms with van der Waals surface area (Å²) < 4.78 is 0. The second-order valence-corrected chi connectivity index (χ2v) is 8.37. The quantitative estimate of drug-likeness (QED) is 0.686. The fourth-order valence-electron chi connectivity index (χ4n) is 4.02. The summed E-state index contributed by atoms with van der Waals surface area (Å²) in [6.07, 6.45) is 0. The molecule has 4 nitrogen and oxygen atoms in total. The molecular formula is C21H31N3OS+2. The van der Waals surface area contributed by atoms with Gasteiger partial charge in [-0.3, -0.25) is 4.79 Å². The van der Waals surface area contributed by atoms with Crippen LogP contribution in [0.4, 0.5) is 0 Å². The first-order valence-electron chi connectivity index (χ1n) is 9.67. The van der Waals surface area contributed by atoms with Gasteiger partial charge in [0.05, 0.1) is 17.5 Å². The third-order valence-electron chi connectivity index (χ3n) is 5.53. The molecule has 2 heterocycles. The Morgan fingerprint density at radius 2 is 1.96 bits per heavy atom. The molecule has 0 aliphatic carbocycles. The van der Waals surface area contributed by atoms with Crippen molar-refractivity contribution in [3.8, 4) is 0 Å². The summed E-state index contributed by atoms with van der Waals surface area (Å²) in [5.41, 5.74) is 1.86. The smallest absolute Gasteiger partial charge is 0.251 e. The maximum atomic E-state index is 12.7. The van der Waals surface area contributed by atoms with Gasteiger partial charge in [-0.15, -0.1) is 11.3 Å². The number of hydrogen-bond donors (Lipinski definition) is 3. The van der Waals surface area contributed by atoms with Gasteiger partial charge in [0.2, 0.25) is 0 Å². The van der Waals surface area contributed by atoms with Gasteiger partial charge in [0, 0.05) is 5.56 Å². The van der Waals surface area contributed by atoms with Crippen LogP contribution in [0, 0.1) is 6.92 Å². The number of quaternary nitrogens is 2. The number of benzene rings is 1. The Morgan fingerprint density at radius 1 is 1.19 bits per heavy atom. The monoisotopic (exact) mass is 373 g/mol. The summed E-state index contributed by atoms with van der Waals surface area (Å²) in [5, 5.41) is 5.42. The number of thiophene rings is 1. The molecule has 0 saturated carbocycles. The number of aryl methyl sites for hydroxylation is 1. The van der Waals surface area contributed by atoms with Crippen molar-refractivity contribution in [2.75, 3.05) is 32.7 Å². The van der Waals surface area contributed by atoms with E-state index in [0.29, 0.717) is 6.04 Å². The summed E-state index contributed by atoms with van der Waals surface area (Å²) in [5.74, 6) is 0.0278. The van der Waals surface area contributed by atoms with Gasteiger partial charge in [0.25, 0.3) is 5.91 Å². The minimum atomic E-state index is 0.0278. The molecule has 0 radical (unpaired) electrons. The van der Waals surface area contributed by atoms with E-state index in [0.717, 1.165) is 24.2 Å². The van der Waals surface area contributed by atoms with E-state index < -0.39 is 0 Å². The predicted octanol–water partition coefficient (Wildman–Crippen LogP) is 0.719. The number of carbonyl (C=O) groups is 1. The first-order valence-corrected chi connectivity index (χ1v) is 10.6. The molecule has 1 saturated heterocycles. The van der Waals surface area contributed by atoms with E-state index in [4.69, 9.17) is 0 Å². The Kier molecular flexibility index (Phi) is 6.46. The van der Waals surface area contributed by atoms with Crippen molar-refractivity contribution in [3.63, 3.8) is 0 Å². The standard InChI is InChI=1S/C21H29N3OS/c1-4-23-10-12-24(13-11-23)20(19-9-6-14-26-19)17(3)22-21(25)18-8-5-7-16(2)15-18/h5-9,14-15,17,20H,4,10-13H2,1-3H3,(H,22,25)/p+2/t17-,20+/m1/s1. The van der Waals surface area contributed by atoms with Crippen molar-refractivity contribution in [1.29, 1.82) is 0 Å². The Bertz CT molecular complexity index is 708. The average Bonchev–Trinajstić information content (AvgIpc) is 3.16. The van der Waals surface area contributed by atoms with E-state index in [1.54, 1.807) is 21.1 Å². The van der Waals surface area contributed by atoms with Gasteiger partial charge in [-0.05, 0) is 44.4 Å². The number of piperazine rings is 1. The Hall–Kier alpha value is -1.69. The van der Waals surface area contributed by atoms with E-state index in [9.17, 15) is 4.79 Å². The number of rotatable bonds is 6. The van der Waals surface area contributed by atoms with E-state index in [1.165, 1.54) is 24.5 Å². The topological polar surface area (TPSA) is 38.0 Å². The lowest BCUT2D eigenvalue weighted by molar-refractivity contribution is -1.03. The van der Waals surface area contributed by atoms with Crippen LogP contribution in [-0.2, 0) is 0 Å². The molecule has 2 atom stereocenters. The van der Waals surface area contributed by atoms with Gasteiger partial charge in [-0.25, -0.2) is 0 Å². The van der Waals surface area contributed by atoms with E-state index >= 15 is 0 Å². The van der Waals surface area contributed by atoms with E-state index in [1.807, 2.05) is 31.2 Å². The third kappa shape index (κ3) is 4.53. The van der Waals surface area contributed by atoms with Gasteiger partial charge in [0.1, 0.15) is 32.2 Å². The zero-order valence-corrected chi connectivity index (χ0v) is 16.9. The Morgan fingerprint density at radius 3 is 2.58 bits per heavy atom. The van der Waals surface area contributed by atoms with Crippen molar-refractivity contribution in [2.45, 2.75) is 32.9 Å². The van der Waals surface area contributed by atoms with Crippen molar-refractivity contribution in [1.82, 2.24) is 5.32 Å². The molecule has 1 aromatic carbocycles. The molecule has 26 heavy (non-hydrogen) atoms. The fraction of sp³-hybridized carbons (Fsp3) is 0.476. The van der Waals surface area contributed by atoms with Gasteiger partial charge < -0.3 is 15.1 Å². The maximum absolute atomic E-state index is 12.7. The van der Waals surface area contributed by atoms with Crippen molar-refractivity contribution in [3.05, 3.63) is 57.8 Å². The molecule has 0 spiro atoms. The van der Waals surface area contributed by atoms with Crippen LogP contribution in [0.5, 0.6) is 0 Å². The van der Waals surface area contributed by atoms with Crippen LogP contribution in [-0.4, -0.2) is 44.7 Å². The Balaban J connectivity index is 1.73. The Labute approximate surface area is 160 Å². The van der Waals surface area contributed by atoms with Crippen molar-refractivity contribution < 1.29 is 14.6 Å². The molecule has 1 aliphatic heterocycles. The largest absolute Gasteiger partial charge is 0.343 e. The maximum Gasteiger partial charge on any atom is 0.251 e. The SMILES string of the molecule is CC[NH+]1CC[NH+]([C@H](c2cccs2)[C@@H](C)NC(=O)c2cccc(C)c2)CC1. The zero-order valence-electron chi connectivity index (χ0n) is 16.0. The predicted molar refractivity (Wildman–Crippen MR) is 107 cm³/mol. The molecule has 0 unspecified atom stereocenters. The second-order valence-electron chi connectivity index (χ2n) is 7.39. The molecular weight excluding hydrogens is 342 g/mol. The number of amides is 1. The molecule has 2 aromatic rings. The first kappa shape index (κ1) is 19.1. The minimum Gasteiger partial charge on any atom is -0.343 e. The van der Waals surface area contributed by atoms with Crippen LogP contribution in [0.15, 0.2) is 41.8 Å². The molecule has 5 heteroatoms. The normalized spacial score (nSPS) is 22.6. The summed E-state index contributed by atoms with van der Waals surface area (Å²) in [6.45, 7) is 12.4. The molecule has 1 aliphatic rings. The van der Waals surface area contributed by atoms with Gasteiger partial charge in [0.15, 0.2) is 0 Å². The van der Waals surface area contributed by atoms with Crippen LogP contribution in [0.1, 0.15) is 40.7 Å². The van der Waals surface area contributed by atoms with Crippen LogP contribution in [0.2, 0.25) is 0 Å². The molecule has 3 rings (SSSR count). The van der Waals surface area contributed by atoms with Gasteiger partial charge in [-0.1, -0.05) is 23.8 Å². The summed E-state index contributed by atoms with van der Waals surface area (Å²) in [4.78, 5) is 17.4. The van der Waals surface area contributed by atoms with Crippen LogP contribution in [0.3, 0.4) is 0 Å². The summed E-state index contributed by atoms with van der Waals surface area (Å²) in [6, 6.07) is 12.6. The highest BCUT2D eigenvalue weighted by Crippen LogP contribution is 2.20. The molecule has 140 valence electrons. The van der Waals surface area contributed by atoms with Crippen LogP contribution >= 0.6 is 11.3 Å². The van der Waals surface area contributed by atoms with Gasteiger partial charge in [-0.2, -0.15) is 0 Å². The lowest BCUT2D eigenvalue weighted by atomic mass is 10.0. The van der Waals surface area contributed by atoms with E-state index in [-0.39, 0.29) is 11.9 Å². The summed E-state index contributed by atoms with van der Waals surface area (Å²) in [7, 11) is 0. The number of likely N-dealkylation sites (N-methyl/N-ethyl adjacent to an activating group) is 1. The van der Waals surface area contributed by atoms with Crippen LogP contribution in [0.25, 0.3) is 0 Å². The van der Waals surface area contributed by atoms with Gasteiger partial charge >= 0.3 is 0 Å². The van der Waals surface area contributed by atoms with E-state index in [2.05, 4.69) is 36.7 Å². The minimum absolute atomic E-state index is 0.0278. The molecule has 0 bridgehead atoms. The number of nitrogens with one attached hydrogen (secondary N) is 3. The lowest BCUT2D eigenvalue weighted by Crippen LogP contribution is -3.28. The molecule has 1 aromatic heterocycles. The average molecular weight is 374 g/mol. The number of carbonyl (C=O) groups excluding carboxylic acids is 1. The zero-order chi connectivity index (χ0) is 18.5. The third-order valence-corrected chi connectivity index (χ3v) is 6.48. The molecule has 3 N–H and O–H groups in total. The second kappa shape index (κ2) is 8.80. The first-order chi connectivity index (χ1) is 12.6. The fourth-order valence-corrected chi connectivity index (χ4v) is 5.01. The molecule has 1 amide bonds. The van der Waals surface area contributed by atoms with Crippen molar-refractivity contribution >= 4 is 17.2 Å². The van der Waals surface area contributed by atoms with Crippen LogP contribution < -0.4 is 15.1 Å². The highest BCUT2D eigenvalue weighted by Gasteiger charge is 2.35. The highest BCUT2D eigenvalue weighted by molar-refractivity contribution is 7.10. The summed E-state index contributed by atoms with van der Waals surface area (Å²) >= 11 is 1.81. The highest BCUT2D eigenvalue weighted by atomic mass is 32.1. The number of hydrogen-bond acceptors (Lipinski definition) is 2. The molecule has 1 fully saturated rings. The lowest BCUT2D eigenvalue weighted by Gasteiger charge is -2.36. The van der Waals surface area contributed by atoms with Crippen molar-refractivity contribution in [2.24, 2.45) is 0 Å².